The molecule has 0 fully saturated rings. The molecule has 1 N–H and O–H groups in total. The maximum atomic E-state index is 13.5. The molecule has 0 amide bonds. The van der Waals surface area contributed by atoms with Crippen molar-refractivity contribution in [3.8, 4) is 5.75 Å². The lowest BCUT2D eigenvalue weighted by atomic mass is 10.00. The van der Waals surface area contributed by atoms with Crippen molar-refractivity contribution in [1.29, 1.82) is 0 Å². The van der Waals surface area contributed by atoms with Crippen molar-refractivity contribution in [2.24, 2.45) is 11.8 Å². The van der Waals surface area contributed by atoms with E-state index in [1.165, 1.54) is 12.1 Å². The van der Waals surface area contributed by atoms with Gasteiger partial charge in [-0.05, 0) is 49.3 Å². The fourth-order valence-electron chi connectivity index (χ4n) is 2.87. The Labute approximate surface area is 204 Å². The van der Waals surface area contributed by atoms with Gasteiger partial charge in [0.1, 0.15) is 5.75 Å². The first-order valence-electron chi connectivity index (χ1n) is 11.3. The zero-order valence-electron chi connectivity index (χ0n) is 20.1. The second-order valence-electron chi connectivity index (χ2n) is 8.77. The number of alkyl halides is 9. The van der Waals surface area contributed by atoms with Crippen LogP contribution in [0.15, 0.2) is 36.4 Å². The van der Waals surface area contributed by atoms with E-state index in [1.807, 2.05) is 32.9 Å². The largest absolute Gasteiger partial charge is 0.494 e. The number of ether oxygens (including phenoxy) is 2. The van der Waals surface area contributed by atoms with Crippen LogP contribution >= 0.6 is 0 Å². The molecule has 0 aliphatic heterocycles. The molecule has 3 nitrogen and oxygen atoms in total. The van der Waals surface area contributed by atoms with E-state index in [4.69, 9.17) is 14.6 Å². The monoisotopic (exact) mass is 538 g/mol. The summed E-state index contributed by atoms with van der Waals surface area (Å²) in [5.41, 5.74) is 0.750. The van der Waals surface area contributed by atoms with Crippen molar-refractivity contribution >= 4 is 0 Å². The molecule has 0 spiro atoms. The van der Waals surface area contributed by atoms with Crippen LogP contribution in [0.25, 0.3) is 0 Å². The predicted molar refractivity (Wildman–Crippen MR) is 115 cm³/mol. The highest BCUT2D eigenvalue weighted by Crippen LogP contribution is 2.54. The topological polar surface area (TPSA) is 38.7 Å². The Morgan fingerprint density at radius 3 is 2.00 bits per heavy atom. The Morgan fingerprint density at radius 2 is 1.47 bits per heavy atom. The third kappa shape index (κ3) is 8.57. The summed E-state index contributed by atoms with van der Waals surface area (Å²) in [6.07, 6.45) is -5.04. The average molecular weight is 538 g/mol. The Bertz CT molecular complexity index is 808. The van der Waals surface area contributed by atoms with E-state index in [-0.39, 0.29) is 36.9 Å². The van der Waals surface area contributed by atoms with Gasteiger partial charge in [-0.1, -0.05) is 38.1 Å². The van der Waals surface area contributed by atoms with Crippen LogP contribution in [0.1, 0.15) is 45.6 Å². The first kappa shape index (κ1) is 32.1. The molecule has 12 heteroatoms. The summed E-state index contributed by atoms with van der Waals surface area (Å²) in [5, 5.41) is 9.03. The zero-order chi connectivity index (χ0) is 27.8. The van der Waals surface area contributed by atoms with Crippen LogP contribution in [-0.2, 0) is 11.3 Å². The molecule has 1 aromatic carbocycles. The van der Waals surface area contributed by atoms with Crippen LogP contribution < -0.4 is 4.74 Å². The number of halogens is 9. The number of rotatable bonds is 15. The van der Waals surface area contributed by atoms with E-state index < -0.39 is 43.4 Å². The van der Waals surface area contributed by atoms with Gasteiger partial charge < -0.3 is 14.6 Å². The molecule has 0 bridgehead atoms. The molecule has 0 saturated heterocycles. The zero-order valence-corrected chi connectivity index (χ0v) is 20.1. The first-order valence-corrected chi connectivity index (χ1v) is 11.3. The molecule has 1 rings (SSSR count). The van der Waals surface area contributed by atoms with Gasteiger partial charge in [0.2, 0.25) is 0 Å². The molecule has 0 saturated carbocycles. The second kappa shape index (κ2) is 13.0. The van der Waals surface area contributed by atoms with Gasteiger partial charge in [-0.2, -0.15) is 39.5 Å². The van der Waals surface area contributed by atoms with Crippen LogP contribution in [0.4, 0.5) is 39.5 Å². The van der Waals surface area contributed by atoms with Gasteiger partial charge in [0.25, 0.3) is 0 Å². The lowest BCUT2D eigenvalue weighted by Gasteiger charge is -2.33. The van der Waals surface area contributed by atoms with E-state index >= 15 is 0 Å². The second-order valence-corrected chi connectivity index (χ2v) is 8.77. The van der Waals surface area contributed by atoms with E-state index in [9.17, 15) is 39.5 Å². The molecule has 0 aliphatic rings. The quantitative estimate of drug-likeness (QED) is 0.143. The maximum absolute atomic E-state index is 13.5. The molecule has 0 aliphatic carbocycles. The van der Waals surface area contributed by atoms with Gasteiger partial charge >= 0.3 is 23.9 Å². The normalized spacial score (nSPS) is 16.2. The minimum atomic E-state index is -6.88. The first-order chi connectivity index (χ1) is 16.5. The molecule has 1 aromatic rings. The van der Waals surface area contributed by atoms with Gasteiger partial charge in [-0.3, -0.25) is 0 Å². The van der Waals surface area contributed by atoms with Crippen LogP contribution in [0.3, 0.4) is 0 Å². The van der Waals surface area contributed by atoms with Gasteiger partial charge in [0, 0.05) is 13.0 Å². The van der Waals surface area contributed by atoms with Crippen LogP contribution in [0.2, 0.25) is 0 Å². The average Bonchev–Trinajstić information content (AvgIpc) is 2.79. The highest BCUT2D eigenvalue weighted by molar-refractivity contribution is 5.26. The van der Waals surface area contributed by atoms with Gasteiger partial charge in [-0.15, -0.1) is 0 Å². The minimum Gasteiger partial charge on any atom is -0.494 e. The maximum Gasteiger partial charge on any atom is 0.460 e. The molecular weight excluding hydrogens is 507 g/mol. The minimum absolute atomic E-state index is 0.105. The molecule has 0 radical (unpaired) electrons. The lowest BCUT2D eigenvalue weighted by molar-refractivity contribution is -0.396. The summed E-state index contributed by atoms with van der Waals surface area (Å²) in [7, 11) is 0. The third-order valence-electron chi connectivity index (χ3n) is 5.58. The van der Waals surface area contributed by atoms with Gasteiger partial charge in [-0.25, -0.2) is 0 Å². The van der Waals surface area contributed by atoms with Crippen molar-refractivity contribution in [1.82, 2.24) is 0 Å². The molecule has 3 atom stereocenters. The van der Waals surface area contributed by atoms with E-state index in [0.717, 1.165) is 12.0 Å². The summed E-state index contributed by atoms with van der Waals surface area (Å²) < 4.78 is 127. The highest BCUT2D eigenvalue weighted by Gasteiger charge is 2.81. The smallest absolute Gasteiger partial charge is 0.460 e. The summed E-state index contributed by atoms with van der Waals surface area (Å²) in [4.78, 5) is 0. The Kier molecular flexibility index (Phi) is 11.6. The third-order valence-corrected chi connectivity index (χ3v) is 5.58. The molecule has 0 heterocycles. The van der Waals surface area contributed by atoms with Crippen molar-refractivity contribution in [2.75, 3.05) is 13.2 Å². The van der Waals surface area contributed by atoms with E-state index in [0.29, 0.717) is 0 Å². The summed E-state index contributed by atoms with van der Waals surface area (Å²) in [5.74, 6) is -18.6. The fraction of sp³-hybridized carbons (Fsp3) is 0.667. The number of aliphatic hydroxyl groups excluding tert-OH is 1. The van der Waals surface area contributed by atoms with E-state index in [1.54, 1.807) is 12.1 Å². The molecule has 0 aromatic heterocycles. The van der Waals surface area contributed by atoms with Crippen molar-refractivity contribution in [3.63, 3.8) is 0 Å². The summed E-state index contributed by atoms with van der Waals surface area (Å²) in [6.45, 7) is 5.55. The Hall–Kier alpha value is -1.95. The molecule has 0 unspecified atom stereocenters. The number of allylic oxidation sites excluding steroid dienone is 1. The highest BCUT2D eigenvalue weighted by atomic mass is 19.4. The number of hydrogen-bond acceptors (Lipinski definition) is 3. The summed E-state index contributed by atoms with van der Waals surface area (Å²) >= 11 is 0. The van der Waals surface area contributed by atoms with Crippen LogP contribution in [0.5, 0.6) is 5.75 Å². The van der Waals surface area contributed by atoms with Gasteiger partial charge in [0.05, 0.1) is 19.3 Å². The number of hydrogen-bond donors (Lipinski definition) is 1. The molecule has 208 valence electrons. The van der Waals surface area contributed by atoms with Crippen molar-refractivity contribution in [2.45, 2.75) is 76.7 Å². The van der Waals surface area contributed by atoms with Crippen molar-refractivity contribution in [3.05, 3.63) is 42.0 Å². The van der Waals surface area contributed by atoms with E-state index in [2.05, 4.69) is 0 Å². The number of benzene rings is 1. The van der Waals surface area contributed by atoms with Crippen LogP contribution in [0, 0.1) is 11.8 Å². The molecule has 36 heavy (non-hydrogen) atoms. The van der Waals surface area contributed by atoms with Gasteiger partial charge in [0.15, 0.2) is 0 Å². The fourth-order valence-corrected chi connectivity index (χ4v) is 2.87. The SMILES string of the molecule is C[C@@H](CO)C/C=C/[C@H](C)[C@H](C)OCc1ccc(OCCCC(F)(F)C(F)(F)C(F)(F)C(F)(F)F)cc1. The van der Waals surface area contributed by atoms with Crippen molar-refractivity contribution < 1.29 is 54.1 Å². The predicted octanol–water partition coefficient (Wildman–Crippen LogP) is 7.43. The summed E-state index contributed by atoms with van der Waals surface area (Å²) in [6, 6.07) is 6.12. The van der Waals surface area contributed by atoms with Crippen LogP contribution in [-0.4, -0.2) is 48.4 Å². The Balaban J connectivity index is 2.51. The lowest BCUT2D eigenvalue weighted by Crippen LogP contribution is -2.60. The molecular formula is C24H31F9O3. The Morgan fingerprint density at radius 1 is 0.889 bits per heavy atom. The standard InChI is InChI=1S/C24H31F9O3/c1-16(14-34)6-4-7-17(2)18(3)36-15-19-8-10-20(11-9-19)35-13-5-12-21(25,26)22(27,28)23(29,30)24(31,32)33/h4,7-11,16-18,34H,5-6,12-15H2,1-3H3/b7-4+/t16-,17+,18+/m1/s1. The number of aliphatic hydroxyl groups is 1.